The van der Waals surface area contributed by atoms with Gasteiger partial charge in [-0.25, -0.2) is 0 Å². The largest absolute Gasteiger partial charge is 0.497 e. The lowest BCUT2D eigenvalue weighted by molar-refractivity contribution is 0.354. The van der Waals surface area contributed by atoms with Crippen LogP contribution in [0.25, 0.3) is 12.2 Å². The molecule has 4 nitrogen and oxygen atoms in total. The van der Waals surface area contributed by atoms with E-state index in [0.29, 0.717) is 0 Å². The molecule has 32 heavy (non-hydrogen) atoms. The van der Waals surface area contributed by atoms with Crippen molar-refractivity contribution in [2.24, 2.45) is 0 Å². The molecule has 0 heterocycles. The monoisotopic (exact) mass is 431 g/mol. The molecule has 0 fully saturated rings. The van der Waals surface area contributed by atoms with Crippen LogP contribution in [-0.2, 0) is 12.0 Å². The standard InChI is InChI=1S/C28H33NO3/c1-28(2,29-18-17-22-12-16-26(31-4)27(19-22)32-5)25-20-24(30-3)15-14-23(25)13-11-21-9-7-6-8-10-21/h6-16,19-20,29H,17-18H2,1-5H3/b13-11+. The van der Waals surface area contributed by atoms with Crippen molar-refractivity contribution < 1.29 is 14.2 Å². The molecule has 0 aromatic heterocycles. The fraction of sp³-hybridized carbons (Fsp3) is 0.286. The van der Waals surface area contributed by atoms with Crippen molar-refractivity contribution in [3.8, 4) is 17.2 Å². The van der Waals surface area contributed by atoms with E-state index in [9.17, 15) is 0 Å². The molecule has 3 aromatic rings. The highest BCUT2D eigenvalue weighted by Gasteiger charge is 2.23. The molecule has 0 aliphatic heterocycles. The van der Waals surface area contributed by atoms with E-state index in [4.69, 9.17) is 14.2 Å². The summed E-state index contributed by atoms with van der Waals surface area (Å²) in [6.07, 6.45) is 5.19. The molecule has 0 atom stereocenters. The Kier molecular flexibility index (Phi) is 7.96. The molecule has 0 aliphatic rings. The molecule has 0 spiro atoms. The van der Waals surface area contributed by atoms with Gasteiger partial charge in [0.15, 0.2) is 11.5 Å². The zero-order valence-corrected chi connectivity index (χ0v) is 19.6. The van der Waals surface area contributed by atoms with Crippen molar-refractivity contribution in [2.45, 2.75) is 25.8 Å². The number of hydrogen-bond donors (Lipinski definition) is 1. The Hall–Kier alpha value is -3.24. The third-order valence-electron chi connectivity index (χ3n) is 5.62. The van der Waals surface area contributed by atoms with E-state index in [1.807, 2.05) is 36.4 Å². The summed E-state index contributed by atoms with van der Waals surface area (Å²) in [6.45, 7) is 5.23. The molecule has 0 aliphatic carbocycles. The molecular weight excluding hydrogens is 398 g/mol. The van der Waals surface area contributed by atoms with Gasteiger partial charge >= 0.3 is 0 Å². The third kappa shape index (κ3) is 5.92. The van der Waals surface area contributed by atoms with Crippen LogP contribution in [0.3, 0.4) is 0 Å². The number of hydrogen-bond acceptors (Lipinski definition) is 4. The van der Waals surface area contributed by atoms with E-state index in [-0.39, 0.29) is 5.54 Å². The number of rotatable bonds is 10. The van der Waals surface area contributed by atoms with Crippen molar-refractivity contribution in [3.05, 3.63) is 89.0 Å². The molecular formula is C28H33NO3. The molecule has 0 unspecified atom stereocenters. The number of nitrogens with one attached hydrogen (secondary N) is 1. The first kappa shape index (κ1) is 23.4. The van der Waals surface area contributed by atoms with Crippen molar-refractivity contribution in [2.75, 3.05) is 27.9 Å². The molecule has 1 N–H and O–H groups in total. The van der Waals surface area contributed by atoms with Gasteiger partial charge in [-0.05, 0) is 73.3 Å². The van der Waals surface area contributed by atoms with Gasteiger partial charge in [-0.3, -0.25) is 0 Å². The van der Waals surface area contributed by atoms with E-state index in [1.54, 1.807) is 21.3 Å². The van der Waals surface area contributed by atoms with Crippen LogP contribution in [-0.4, -0.2) is 27.9 Å². The number of ether oxygens (including phenoxy) is 3. The SMILES string of the molecule is COc1ccc(/C=C/c2ccccc2)c(C(C)(C)NCCc2ccc(OC)c(OC)c2)c1. The van der Waals surface area contributed by atoms with Crippen molar-refractivity contribution in [3.63, 3.8) is 0 Å². The van der Waals surface area contributed by atoms with E-state index < -0.39 is 0 Å². The minimum Gasteiger partial charge on any atom is -0.497 e. The Morgan fingerprint density at radius 2 is 1.53 bits per heavy atom. The summed E-state index contributed by atoms with van der Waals surface area (Å²) in [6, 6.07) is 22.6. The highest BCUT2D eigenvalue weighted by molar-refractivity contribution is 5.72. The van der Waals surface area contributed by atoms with Gasteiger partial charge in [0.2, 0.25) is 0 Å². The molecule has 3 rings (SSSR count). The fourth-order valence-electron chi connectivity index (χ4n) is 3.75. The van der Waals surface area contributed by atoms with Crippen LogP contribution in [0.2, 0.25) is 0 Å². The van der Waals surface area contributed by atoms with Gasteiger partial charge in [-0.15, -0.1) is 0 Å². The van der Waals surface area contributed by atoms with Crippen LogP contribution >= 0.6 is 0 Å². The maximum Gasteiger partial charge on any atom is 0.160 e. The lowest BCUT2D eigenvalue weighted by atomic mass is 9.89. The second-order valence-electron chi connectivity index (χ2n) is 8.19. The molecule has 0 saturated carbocycles. The predicted molar refractivity (Wildman–Crippen MR) is 133 cm³/mol. The normalized spacial score (nSPS) is 11.5. The summed E-state index contributed by atoms with van der Waals surface area (Å²) in [4.78, 5) is 0. The van der Waals surface area contributed by atoms with Crippen molar-refractivity contribution in [1.29, 1.82) is 0 Å². The van der Waals surface area contributed by atoms with E-state index in [2.05, 4.69) is 61.6 Å². The van der Waals surface area contributed by atoms with Gasteiger partial charge in [0.1, 0.15) is 5.75 Å². The smallest absolute Gasteiger partial charge is 0.160 e. The van der Waals surface area contributed by atoms with Gasteiger partial charge in [0.25, 0.3) is 0 Å². The number of benzene rings is 3. The molecule has 3 aromatic carbocycles. The second kappa shape index (κ2) is 10.9. The van der Waals surface area contributed by atoms with E-state index in [1.165, 1.54) is 22.3 Å². The minimum absolute atomic E-state index is 0.249. The average molecular weight is 432 g/mol. The van der Waals surface area contributed by atoms with E-state index in [0.717, 1.165) is 30.2 Å². The Labute approximate surface area is 191 Å². The first-order valence-corrected chi connectivity index (χ1v) is 10.8. The van der Waals surface area contributed by atoms with Crippen LogP contribution in [0.5, 0.6) is 17.2 Å². The summed E-state index contributed by atoms with van der Waals surface area (Å²) in [7, 11) is 5.02. The van der Waals surface area contributed by atoms with Crippen molar-refractivity contribution >= 4 is 12.2 Å². The fourth-order valence-corrected chi connectivity index (χ4v) is 3.75. The highest BCUT2D eigenvalue weighted by Crippen LogP contribution is 2.30. The maximum atomic E-state index is 5.51. The summed E-state index contributed by atoms with van der Waals surface area (Å²) >= 11 is 0. The Morgan fingerprint density at radius 1 is 0.781 bits per heavy atom. The van der Waals surface area contributed by atoms with Crippen LogP contribution < -0.4 is 19.5 Å². The zero-order valence-electron chi connectivity index (χ0n) is 19.6. The molecule has 4 heteroatoms. The molecule has 0 saturated heterocycles. The van der Waals surface area contributed by atoms with Gasteiger partial charge in [-0.2, -0.15) is 0 Å². The Bertz CT molecular complexity index is 1040. The lowest BCUT2D eigenvalue weighted by Gasteiger charge is -2.29. The maximum absolute atomic E-state index is 5.51. The van der Waals surface area contributed by atoms with Gasteiger partial charge in [-0.1, -0.05) is 54.6 Å². The molecule has 168 valence electrons. The average Bonchev–Trinajstić information content (AvgIpc) is 2.83. The van der Waals surface area contributed by atoms with Gasteiger partial charge in [0.05, 0.1) is 21.3 Å². The first-order valence-electron chi connectivity index (χ1n) is 10.8. The van der Waals surface area contributed by atoms with E-state index >= 15 is 0 Å². The molecule has 0 bridgehead atoms. The van der Waals surface area contributed by atoms with Crippen LogP contribution in [0.1, 0.15) is 36.1 Å². The van der Waals surface area contributed by atoms with Crippen molar-refractivity contribution in [1.82, 2.24) is 5.32 Å². The summed E-state index contributed by atoms with van der Waals surface area (Å²) < 4.78 is 16.3. The molecule has 0 radical (unpaired) electrons. The summed E-state index contributed by atoms with van der Waals surface area (Å²) in [5.74, 6) is 2.35. The third-order valence-corrected chi connectivity index (χ3v) is 5.62. The van der Waals surface area contributed by atoms with Gasteiger partial charge < -0.3 is 19.5 Å². The molecule has 0 amide bonds. The second-order valence-corrected chi connectivity index (χ2v) is 8.19. The van der Waals surface area contributed by atoms with Crippen LogP contribution in [0.4, 0.5) is 0 Å². The topological polar surface area (TPSA) is 39.7 Å². The summed E-state index contributed by atoms with van der Waals surface area (Å²) in [5, 5.41) is 3.72. The predicted octanol–water partition coefficient (Wildman–Crippen LogP) is 5.95. The van der Waals surface area contributed by atoms with Crippen LogP contribution in [0, 0.1) is 0 Å². The van der Waals surface area contributed by atoms with Gasteiger partial charge in [0, 0.05) is 5.54 Å². The Morgan fingerprint density at radius 3 is 2.22 bits per heavy atom. The zero-order chi connectivity index (χ0) is 23.0. The summed E-state index contributed by atoms with van der Waals surface area (Å²) in [5.41, 5.74) is 4.48. The van der Waals surface area contributed by atoms with Crippen LogP contribution in [0.15, 0.2) is 66.7 Å². The number of methoxy groups -OCH3 is 3. The minimum atomic E-state index is -0.249. The quantitative estimate of drug-likeness (QED) is 0.403. The lowest BCUT2D eigenvalue weighted by Crippen LogP contribution is -2.38. The first-order chi connectivity index (χ1) is 15.5. The highest BCUT2D eigenvalue weighted by atomic mass is 16.5. The Balaban J connectivity index is 1.77.